The Bertz CT molecular complexity index is 464. The van der Waals surface area contributed by atoms with Gasteiger partial charge in [-0.15, -0.1) is 0 Å². The van der Waals surface area contributed by atoms with Crippen molar-refractivity contribution >= 4 is 11.0 Å². The van der Waals surface area contributed by atoms with Crippen LogP contribution in [-0.4, -0.2) is 13.1 Å². The smallest absolute Gasteiger partial charge is 0.137 e. The topological polar surface area (TPSA) is 25.2 Å². The fraction of sp³-hybridized carbons (Fsp3) is 0.333. The van der Waals surface area contributed by atoms with Gasteiger partial charge in [0.15, 0.2) is 0 Å². The average Bonchev–Trinajstić information content (AvgIpc) is 2.70. The van der Waals surface area contributed by atoms with Crippen molar-refractivity contribution in [2.45, 2.75) is 19.4 Å². The van der Waals surface area contributed by atoms with Crippen molar-refractivity contribution in [2.75, 3.05) is 7.05 Å². The van der Waals surface area contributed by atoms with Crippen LogP contribution in [0.3, 0.4) is 0 Å². The summed E-state index contributed by atoms with van der Waals surface area (Å²) in [4.78, 5) is 0. The minimum absolute atomic E-state index is 0.164. The van der Waals surface area contributed by atoms with Gasteiger partial charge in [0.2, 0.25) is 0 Å². The zero-order valence-electron chi connectivity index (χ0n) is 8.88. The second-order valence-electron chi connectivity index (χ2n) is 3.76. The van der Waals surface area contributed by atoms with Gasteiger partial charge in [-0.2, -0.15) is 0 Å². The van der Waals surface area contributed by atoms with E-state index in [-0.39, 0.29) is 11.9 Å². The van der Waals surface area contributed by atoms with Crippen LogP contribution in [0.1, 0.15) is 12.5 Å². The second kappa shape index (κ2) is 4.03. The van der Waals surface area contributed by atoms with Gasteiger partial charge in [-0.3, -0.25) is 0 Å². The Hall–Kier alpha value is -1.35. The SMILES string of the molecule is CN[C@@H](C)Cc1ccc2occc2c1F. The molecule has 0 spiro atoms. The van der Waals surface area contributed by atoms with Gasteiger partial charge >= 0.3 is 0 Å². The molecule has 2 aromatic rings. The van der Waals surface area contributed by atoms with Crippen molar-refractivity contribution in [3.63, 3.8) is 0 Å². The van der Waals surface area contributed by atoms with Crippen molar-refractivity contribution in [3.8, 4) is 0 Å². The first-order valence-corrected chi connectivity index (χ1v) is 5.04. The zero-order chi connectivity index (χ0) is 10.8. The van der Waals surface area contributed by atoms with Crippen LogP contribution in [0.4, 0.5) is 4.39 Å². The molecule has 0 radical (unpaired) electrons. The van der Waals surface area contributed by atoms with Gasteiger partial charge in [-0.1, -0.05) is 6.07 Å². The van der Waals surface area contributed by atoms with Crippen LogP contribution < -0.4 is 5.32 Å². The van der Waals surface area contributed by atoms with E-state index in [4.69, 9.17) is 4.42 Å². The highest BCUT2D eigenvalue weighted by Crippen LogP contribution is 2.22. The molecule has 2 rings (SSSR count). The summed E-state index contributed by atoms with van der Waals surface area (Å²) in [6, 6.07) is 5.53. The molecule has 1 atom stereocenters. The summed E-state index contributed by atoms with van der Waals surface area (Å²) < 4.78 is 19.0. The molecule has 0 saturated carbocycles. The monoisotopic (exact) mass is 207 g/mol. The van der Waals surface area contributed by atoms with Gasteiger partial charge in [-0.05, 0) is 38.1 Å². The molecular formula is C12H14FNO. The predicted molar refractivity (Wildman–Crippen MR) is 58.4 cm³/mol. The summed E-state index contributed by atoms with van der Waals surface area (Å²) in [5.41, 5.74) is 1.33. The van der Waals surface area contributed by atoms with Crippen LogP contribution in [0.15, 0.2) is 28.9 Å². The summed E-state index contributed by atoms with van der Waals surface area (Å²) in [7, 11) is 1.87. The highest BCUT2D eigenvalue weighted by molar-refractivity contribution is 5.78. The molecular weight excluding hydrogens is 193 g/mol. The summed E-state index contributed by atoms with van der Waals surface area (Å²) in [6.07, 6.45) is 2.20. The first kappa shape index (κ1) is 10.2. The maximum absolute atomic E-state index is 13.9. The van der Waals surface area contributed by atoms with Crippen molar-refractivity contribution in [1.29, 1.82) is 0 Å². The lowest BCUT2D eigenvalue weighted by Crippen LogP contribution is -2.23. The van der Waals surface area contributed by atoms with Crippen molar-refractivity contribution in [3.05, 3.63) is 35.8 Å². The predicted octanol–water partition coefficient (Wildman–Crippen LogP) is 2.72. The standard InChI is InChI=1S/C12H14FNO/c1-8(14-2)7-9-3-4-11-10(12(9)13)5-6-15-11/h3-6,8,14H,7H2,1-2H3/t8-/m0/s1. The molecule has 0 amide bonds. The van der Waals surface area contributed by atoms with Gasteiger partial charge in [0.25, 0.3) is 0 Å². The lowest BCUT2D eigenvalue weighted by atomic mass is 10.0. The molecule has 0 saturated heterocycles. The van der Waals surface area contributed by atoms with Crippen LogP contribution in [0, 0.1) is 5.82 Å². The third-order valence-electron chi connectivity index (χ3n) is 2.67. The Morgan fingerprint density at radius 2 is 2.20 bits per heavy atom. The van der Waals surface area contributed by atoms with Crippen molar-refractivity contribution in [2.24, 2.45) is 0 Å². The summed E-state index contributed by atoms with van der Waals surface area (Å²) in [6.45, 7) is 2.03. The lowest BCUT2D eigenvalue weighted by molar-refractivity contribution is 0.568. The summed E-state index contributed by atoms with van der Waals surface area (Å²) in [5, 5.41) is 3.66. The Morgan fingerprint density at radius 3 is 2.93 bits per heavy atom. The third-order valence-corrected chi connectivity index (χ3v) is 2.67. The van der Waals surface area contributed by atoms with Crippen LogP contribution in [-0.2, 0) is 6.42 Å². The molecule has 1 aromatic heterocycles. The molecule has 1 N–H and O–H groups in total. The molecule has 0 bridgehead atoms. The number of nitrogens with one attached hydrogen (secondary N) is 1. The molecule has 0 fully saturated rings. The molecule has 0 aliphatic heterocycles. The molecule has 15 heavy (non-hydrogen) atoms. The van der Waals surface area contributed by atoms with E-state index < -0.39 is 0 Å². The average molecular weight is 207 g/mol. The number of likely N-dealkylation sites (N-methyl/N-ethyl adjacent to an activating group) is 1. The number of rotatable bonds is 3. The maximum Gasteiger partial charge on any atom is 0.137 e. The van der Waals surface area contributed by atoms with E-state index >= 15 is 0 Å². The third kappa shape index (κ3) is 1.88. The molecule has 1 heterocycles. The molecule has 0 aliphatic carbocycles. The summed E-state index contributed by atoms with van der Waals surface area (Å²) in [5.74, 6) is -0.164. The molecule has 3 heteroatoms. The van der Waals surface area contributed by atoms with Crippen molar-refractivity contribution < 1.29 is 8.81 Å². The van der Waals surface area contributed by atoms with Gasteiger partial charge < -0.3 is 9.73 Å². The molecule has 80 valence electrons. The van der Waals surface area contributed by atoms with E-state index in [0.29, 0.717) is 17.4 Å². The number of fused-ring (bicyclic) bond motifs is 1. The van der Waals surface area contributed by atoms with E-state index in [1.165, 1.54) is 6.26 Å². The van der Waals surface area contributed by atoms with Crippen LogP contribution in [0.2, 0.25) is 0 Å². The fourth-order valence-corrected chi connectivity index (χ4v) is 1.64. The normalized spacial score (nSPS) is 13.3. The first-order valence-electron chi connectivity index (χ1n) is 5.04. The largest absolute Gasteiger partial charge is 0.464 e. The zero-order valence-corrected chi connectivity index (χ0v) is 8.88. The summed E-state index contributed by atoms with van der Waals surface area (Å²) >= 11 is 0. The number of furan rings is 1. The van der Waals surface area contributed by atoms with Crippen molar-refractivity contribution in [1.82, 2.24) is 5.32 Å². The van der Waals surface area contributed by atoms with Crippen LogP contribution in [0.5, 0.6) is 0 Å². The van der Waals surface area contributed by atoms with E-state index in [2.05, 4.69) is 5.32 Å². The number of benzene rings is 1. The molecule has 0 aliphatic rings. The highest BCUT2D eigenvalue weighted by Gasteiger charge is 2.11. The van der Waals surface area contributed by atoms with E-state index in [1.54, 1.807) is 12.1 Å². The van der Waals surface area contributed by atoms with Crippen LogP contribution >= 0.6 is 0 Å². The Kier molecular flexibility index (Phi) is 2.73. The maximum atomic E-state index is 13.9. The minimum atomic E-state index is -0.164. The molecule has 1 aromatic carbocycles. The highest BCUT2D eigenvalue weighted by atomic mass is 19.1. The minimum Gasteiger partial charge on any atom is -0.464 e. The van der Waals surface area contributed by atoms with E-state index in [9.17, 15) is 4.39 Å². The van der Waals surface area contributed by atoms with Crippen LogP contribution in [0.25, 0.3) is 11.0 Å². The number of hydrogen-bond acceptors (Lipinski definition) is 2. The fourth-order valence-electron chi connectivity index (χ4n) is 1.64. The quantitative estimate of drug-likeness (QED) is 0.837. The number of hydrogen-bond donors (Lipinski definition) is 1. The Balaban J connectivity index is 2.39. The molecule has 2 nitrogen and oxygen atoms in total. The Morgan fingerprint density at radius 1 is 1.40 bits per heavy atom. The van der Waals surface area contributed by atoms with Gasteiger partial charge in [0, 0.05) is 6.04 Å². The molecule has 0 unspecified atom stereocenters. The van der Waals surface area contributed by atoms with E-state index in [0.717, 1.165) is 5.56 Å². The Labute approximate surface area is 88.1 Å². The van der Waals surface area contributed by atoms with Gasteiger partial charge in [0.1, 0.15) is 11.4 Å². The van der Waals surface area contributed by atoms with Gasteiger partial charge in [0.05, 0.1) is 11.6 Å². The number of halogens is 1. The first-order chi connectivity index (χ1) is 7.22. The van der Waals surface area contributed by atoms with Gasteiger partial charge in [-0.25, -0.2) is 4.39 Å². The second-order valence-corrected chi connectivity index (χ2v) is 3.76. The van der Waals surface area contributed by atoms with E-state index in [1.807, 2.05) is 20.0 Å². The lowest BCUT2D eigenvalue weighted by Gasteiger charge is -2.10.